The summed E-state index contributed by atoms with van der Waals surface area (Å²) in [5.41, 5.74) is 0.0171. The van der Waals surface area contributed by atoms with Crippen molar-refractivity contribution in [3.05, 3.63) is 52.8 Å². The van der Waals surface area contributed by atoms with Crippen LogP contribution in [0.25, 0.3) is 0 Å². The van der Waals surface area contributed by atoms with Crippen LogP contribution in [0, 0.1) is 10.1 Å². The van der Waals surface area contributed by atoms with Crippen molar-refractivity contribution in [1.82, 2.24) is 14.7 Å². The molecule has 1 aromatic carbocycles. The SMILES string of the molecule is O=C(CCOc1ccc([N+](=O)[O-])cc1)N1CCC(n2cccn2)CC1. The smallest absolute Gasteiger partial charge is 0.269 e. The Labute approximate surface area is 145 Å². The molecule has 2 heterocycles. The third kappa shape index (κ3) is 4.34. The van der Waals surface area contributed by atoms with E-state index in [1.165, 1.54) is 24.3 Å². The van der Waals surface area contributed by atoms with Crippen LogP contribution in [0.1, 0.15) is 25.3 Å². The molecule has 1 aliphatic rings. The number of likely N-dealkylation sites (tertiary alicyclic amines) is 1. The molecule has 1 saturated heterocycles. The number of hydrogen-bond acceptors (Lipinski definition) is 5. The largest absolute Gasteiger partial charge is 0.493 e. The van der Waals surface area contributed by atoms with Crippen LogP contribution in [-0.4, -0.2) is 45.2 Å². The van der Waals surface area contributed by atoms with Crippen molar-refractivity contribution < 1.29 is 14.5 Å². The molecule has 0 aliphatic carbocycles. The topological polar surface area (TPSA) is 90.5 Å². The molecule has 0 bridgehead atoms. The maximum Gasteiger partial charge on any atom is 0.269 e. The minimum Gasteiger partial charge on any atom is -0.493 e. The third-order valence-electron chi connectivity index (χ3n) is 4.35. The first-order valence-electron chi connectivity index (χ1n) is 8.27. The number of rotatable bonds is 6. The zero-order valence-corrected chi connectivity index (χ0v) is 13.8. The number of nitro benzene ring substituents is 1. The molecule has 1 amide bonds. The minimum absolute atomic E-state index is 0.0171. The third-order valence-corrected chi connectivity index (χ3v) is 4.35. The Kier molecular flexibility index (Phi) is 5.27. The molecule has 8 nitrogen and oxygen atoms in total. The Morgan fingerprint density at radius 1 is 1.28 bits per heavy atom. The van der Waals surface area contributed by atoms with Gasteiger partial charge in [-0.05, 0) is 31.0 Å². The highest BCUT2D eigenvalue weighted by molar-refractivity contribution is 5.76. The number of non-ortho nitro benzene ring substituents is 1. The van der Waals surface area contributed by atoms with Gasteiger partial charge >= 0.3 is 0 Å². The Balaban J connectivity index is 1.40. The van der Waals surface area contributed by atoms with E-state index in [4.69, 9.17) is 4.74 Å². The lowest BCUT2D eigenvalue weighted by molar-refractivity contribution is -0.384. The van der Waals surface area contributed by atoms with E-state index < -0.39 is 4.92 Å². The average molecular weight is 344 g/mol. The van der Waals surface area contributed by atoms with Gasteiger partial charge in [-0.1, -0.05) is 0 Å². The first-order valence-corrected chi connectivity index (χ1v) is 8.27. The van der Waals surface area contributed by atoms with Crippen molar-refractivity contribution in [3.8, 4) is 5.75 Å². The molecule has 0 unspecified atom stereocenters. The van der Waals surface area contributed by atoms with E-state index in [9.17, 15) is 14.9 Å². The molecule has 0 atom stereocenters. The van der Waals surface area contributed by atoms with Crippen LogP contribution in [0.4, 0.5) is 5.69 Å². The lowest BCUT2D eigenvalue weighted by atomic mass is 10.1. The number of nitro groups is 1. The number of carbonyl (C=O) groups excluding carboxylic acids is 1. The summed E-state index contributed by atoms with van der Waals surface area (Å²) in [6.07, 6.45) is 5.82. The monoisotopic (exact) mass is 344 g/mol. The number of benzene rings is 1. The molecule has 0 spiro atoms. The second-order valence-electron chi connectivity index (χ2n) is 5.95. The average Bonchev–Trinajstić information content (AvgIpc) is 3.17. The predicted octanol–water partition coefficient (Wildman–Crippen LogP) is 2.42. The van der Waals surface area contributed by atoms with Gasteiger partial charge in [-0.15, -0.1) is 0 Å². The van der Waals surface area contributed by atoms with Crippen molar-refractivity contribution in [2.45, 2.75) is 25.3 Å². The zero-order valence-electron chi connectivity index (χ0n) is 13.8. The van der Waals surface area contributed by atoms with Crippen molar-refractivity contribution in [2.75, 3.05) is 19.7 Å². The van der Waals surface area contributed by atoms with E-state index >= 15 is 0 Å². The van der Waals surface area contributed by atoms with Crippen molar-refractivity contribution in [1.29, 1.82) is 0 Å². The van der Waals surface area contributed by atoms with Crippen LogP contribution in [0.3, 0.4) is 0 Å². The quantitative estimate of drug-likeness (QED) is 0.593. The first-order chi connectivity index (χ1) is 12.1. The summed E-state index contributed by atoms with van der Waals surface area (Å²) in [7, 11) is 0. The van der Waals surface area contributed by atoms with Gasteiger partial charge in [-0.2, -0.15) is 5.10 Å². The summed E-state index contributed by atoms with van der Waals surface area (Å²) in [6, 6.07) is 8.12. The highest BCUT2D eigenvalue weighted by Crippen LogP contribution is 2.22. The standard InChI is InChI=1S/C17H20N4O4/c22-17(8-13-25-16-4-2-15(3-5-16)21(23)24)19-11-6-14(7-12-19)20-10-1-9-18-20/h1-5,9-10,14H,6-8,11-13H2. The maximum atomic E-state index is 12.3. The fourth-order valence-corrected chi connectivity index (χ4v) is 2.95. The number of hydrogen-bond donors (Lipinski definition) is 0. The summed E-state index contributed by atoms with van der Waals surface area (Å²) < 4.78 is 7.46. The highest BCUT2D eigenvalue weighted by atomic mass is 16.6. The van der Waals surface area contributed by atoms with Crippen molar-refractivity contribution in [3.63, 3.8) is 0 Å². The van der Waals surface area contributed by atoms with E-state index in [2.05, 4.69) is 5.10 Å². The molecule has 0 N–H and O–H groups in total. The highest BCUT2D eigenvalue weighted by Gasteiger charge is 2.23. The van der Waals surface area contributed by atoms with Crippen molar-refractivity contribution in [2.24, 2.45) is 0 Å². The molecule has 1 aliphatic heterocycles. The number of ether oxygens (including phenoxy) is 1. The van der Waals surface area contributed by atoms with Gasteiger partial charge in [0, 0.05) is 37.6 Å². The van der Waals surface area contributed by atoms with Crippen LogP contribution in [0.2, 0.25) is 0 Å². The normalized spacial score (nSPS) is 15.1. The van der Waals surface area contributed by atoms with Crippen LogP contribution in [0.5, 0.6) is 5.75 Å². The van der Waals surface area contributed by atoms with Crippen molar-refractivity contribution >= 4 is 11.6 Å². The van der Waals surface area contributed by atoms with Gasteiger partial charge in [0.1, 0.15) is 5.75 Å². The summed E-state index contributed by atoms with van der Waals surface area (Å²) in [6.45, 7) is 1.71. The molecule has 8 heteroatoms. The van der Waals surface area contributed by atoms with Crippen LogP contribution < -0.4 is 4.74 Å². The number of carbonyl (C=O) groups is 1. The van der Waals surface area contributed by atoms with Gasteiger partial charge in [0.05, 0.1) is 24.0 Å². The summed E-state index contributed by atoms with van der Waals surface area (Å²) in [5, 5.41) is 14.9. The molecular formula is C17H20N4O4. The van der Waals surface area contributed by atoms with Gasteiger partial charge in [0.25, 0.3) is 5.69 Å². The molecule has 0 saturated carbocycles. The van der Waals surface area contributed by atoms with Gasteiger partial charge in [-0.3, -0.25) is 19.6 Å². The number of piperidine rings is 1. The van der Waals surface area contributed by atoms with Crippen LogP contribution in [-0.2, 0) is 4.79 Å². The summed E-state index contributed by atoms with van der Waals surface area (Å²) >= 11 is 0. The molecule has 0 radical (unpaired) electrons. The Bertz CT molecular complexity index is 707. The summed E-state index contributed by atoms with van der Waals surface area (Å²) in [4.78, 5) is 24.3. The van der Waals surface area contributed by atoms with E-state index in [0.717, 1.165) is 25.9 Å². The van der Waals surface area contributed by atoms with E-state index in [0.29, 0.717) is 18.2 Å². The van der Waals surface area contributed by atoms with Gasteiger partial charge in [0.2, 0.25) is 5.91 Å². The molecule has 1 aromatic heterocycles. The second-order valence-corrected chi connectivity index (χ2v) is 5.95. The lowest BCUT2D eigenvalue weighted by Crippen LogP contribution is -2.39. The van der Waals surface area contributed by atoms with Gasteiger partial charge in [-0.25, -0.2) is 0 Å². The van der Waals surface area contributed by atoms with Crippen LogP contribution in [0.15, 0.2) is 42.7 Å². The first kappa shape index (κ1) is 16.9. The lowest BCUT2D eigenvalue weighted by Gasteiger charge is -2.32. The Morgan fingerprint density at radius 2 is 2.00 bits per heavy atom. The van der Waals surface area contributed by atoms with Gasteiger partial charge < -0.3 is 9.64 Å². The molecule has 2 aromatic rings. The Hall–Kier alpha value is -2.90. The number of amides is 1. The maximum absolute atomic E-state index is 12.3. The molecule has 132 valence electrons. The zero-order chi connectivity index (χ0) is 17.6. The Morgan fingerprint density at radius 3 is 2.60 bits per heavy atom. The predicted molar refractivity (Wildman–Crippen MR) is 90.3 cm³/mol. The number of aromatic nitrogens is 2. The fourth-order valence-electron chi connectivity index (χ4n) is 2.95. The van der Waals surface area contributed by atoms with E-state index in [1.807, 2.05) is 21.8 Å². The molecule has 1 fully saturated rings. The number of nitrogens with zero attached hydrogens (tertiary/aromatic N) is 4. The molecule has 3 rings (SSSR count). The fraction of sp³-hybridized carbons (Fsp3) is 0.412. The second kappa shape index (κ2) is 7.78. The molecular weight excluding hydrogens is 324 g/mol. The van der Waals surface area contributed by atoms with E-state index in [1.54, 1.807) is 6.20 Å². The molecule has 25 heavy (non-hydrogen) atoms. The van der Waals surface area contributed by atoms with Crippen LogP contribution >= 0.6 is 0 Å². The summed E-state index contributed by atoms with van der Waals surface area (Å²) in [5.74, 6) is 0.594. The van der Waals surface area contributed by atoms with Gasteiger partial charge in [0.15, 0.2) is 0 Å². The minimum atomic E-state index is -0.458. The van der Waals surface area contributed by atoms with E-state index in [-0.39, 0.29) is 18.2 Å².